The van der Waals surface area contributed by atoms with Gasteiger partial charge in [-0.3, -0.25) is 14.4 Å². The maximum absolute atomic E-state index is 12.6. The first-order valence-electron chi connectivity index (χ1n) is 8.21. The van der Waals surface area contributed by atoms with Crippen molar-refractivity contribution in [3.8, 4) is 0 Å². The molecule has 2 N–H and O–H groups in total. The van der Waals surface area contributed by atoms with Crippen LogP contribution < -0.4 is 0 Å². The van der Waals surface area contributed by atoms with Crippen molar-refractivity contribution in [2.75, 3.05) is 6.54 Å². The van der Waals surface area contributed by atoms with Crippen LogP contribution in [0.2, 0.25) is 5.02 Å². The number of aliphatic carboxylic acids is 1. The molecule has 1 heterocycles. The van der Waals surface area contributed by atoms with E-state index >= 15 is 0 Å². The maximum Gasteiger partial charge on any atom is 0.305 e. The normalized spacial score (nSPS) is 18.7. The number of aliphatic hydroxyl groups excluding tert-OH is 1. The molecule has 0 saturated carbocycles. The van der Waals surface area contributed by atoms with E-state index in [1.165, 1.54) is 4.90 Å². The number of halogens is 1. The van der Waals surface area contributed by atoms with Crippen LogP contribution >= 0.6 is 11.6 Å². The third-order valence-electron chi connectivity index (χ3n) is 4.34. The predicted octanol–water partition coefficient (Wildman–Crippen LogP) is 3.24. The molecule has 1 fully saturated rings. The van der Waals surface area contributed by atoms with E-state index in [-0.39, 0.29) is 24.3 Å². The van der Waals surface area contributed by atoms with E-state index in [1.54, 1.807) is 54.6 Å². The van der Waals surface area contributed by atoms with Gasteiger partial charge in [0.25, 0.3) is 11.7 Å². The van der Waals surface area contributed by atoms with Crippen molar-refractivity contribution in [3.63, 3.8) is 0 Å². The zero-order valence-electron chi connectivity index (χ0n) is 14.1. The van der Waals surface area contributed by atoms with Crippen molar-refractivity contribution in [1.29, 1.82) is 0 Å². The van der Waals surface area contributed by atoms with Crippen molar-refractivity contribution in [1.82, 2.24) is 4.90 Å². The summed E-state index contributed by atoms with van der Waals surface area (Å²) in [7, 11) is 0. The number of ketones is 1. The molecular formula is C20H16ClNO5. The molecule has 0 bridgehead atoms. The van der Waals surface area contributed by atoms with Crippen LogP contribution in [0, 0.1) is 0 Å². The van der Waals surface area contributed by atoms with Crippen LogP contribution in [-0.2, 0) is 14.4 Å². The summed E-state index contributed by atoms with van der Waals surface area (Å²) in [6.07, 6.45) is -0.308. The number of Topliss-reactive ketones (excluding diaryl/α,β-unsaturated/α-hetero) is 1. The second kappa shape index (κ2) is 7.63. The minimum Gasteiger partial charge on any atom is -0.507 e. The quantitative estimate of drug-likeness (QED) is 0.468. The third-order valence-corrected chi connectivity index (χ3v) is 4.59. The van der Waals surface area contributed by atoms with Gasteiger partial charge >= 0.3 is 5.97 Å². The number of likely N-dealkylation sites (tertiary alicyclic amines) is 1. The highest BCUT2D eigenvalue weighted by molar-refractivity contribution is 6.46. The molecule has 1 saturated heterocycles. The highest BCUT2D eigenvalue weighted by Crippen LogP contribution is 2.39. The van der Waals surface area contributed by atoms with Crippen molar-refractivity contribution >= 4 is 35.0 Å². The number of amides is 1. The number of benzene rings is 2. The molecule has 7 heteroatoms. The molecule has 0 aromatic heterocycles. The van der Waals surface area contributed by atoms with Crippen molar-refractivity contribution in [2.24, 2.45) is 0 Å². The Hall–Kier alpha value is -3.12. The Kier molecular flexibility index (Phi) is 5.28. The summed E-state index contributed by atoms with van der Waals surface area (Å²) >= 11 is 5.86. The van der Waals surface area contributed by atoms with Gasteiger partial charge in [-0.05, 0) is 29.8 Å². The van der Waals surface area contributed by atoms with Crippen LogP contribution in [0.5, 0.6) is 0 Å². The predicted molar refractivity (Wildman–Crippen MR) is 99.2 cm³/mol. The summed E-state index contributed by atoms with van der Waals surface area (Å²) in [5.41, 5.74) is 0.882. The minimum atomic E-state index is -1.08. The Bertz CT molecular complexity index is 921. The van der Waals surface area contributed by atoms with Gasteiger partial charge in [-0.2, -0.15) is 0 Å². The second-order valence-electron chi connectivity index (χ2n) is 6.05. The van der Waals surface area contributed by atoms with Crippen LogP contribution in [0.4, 0.5) is 0 Å². The number of carbonyl (C=O) groups excluding carboxylic acids is 2. The van der Waals surface area contributed by atoms with Crippen molar-refractivity contribution < 1.29 is 24.6 Å². The average molecular weight is 386 g/mol. The van der Waals surface area contributed by atoms with Gasteiger partial charge in [0.05, 0.1) is 18.0 Å². The Morgan fingerprint density at radius 3 is 2.22 bits per heavy atom. The Morgan fingerprint density at radius 2 is 1.63 bits per heavy atom. The summed E-state index contributed by atoms with van der Waals surface area (Å²) < 4.78 is 0. The lowest BCUT2D eigenvalue weighted by Crippen LogP contribution is -2.31. The SMILES string of the molecule is O=C(O)CCN1C(=O)C(=O)/C(=C(/O)c2ccc(Cl)cc2)C1c1ccccc1. The summed E-state index contributed by atoms with van der Waals surface area (Å²) in [5.74, 6) is -3.08. The number of carboxylic acid groups (broad SMARTS) is 1. The Balaban J connectivity index is 2.13. The zero-order valence-corrected chi connectivity index (χ0v) is 14.9. The van der Waals surface area contributed by atoms with Crippen LogP contribution in [0.3, 0.4) is 0 Å². The molecule has 1 amide bonds. The molecule has 27 heavy (non-hydrogen) atoms. The molecule has 1 aliphatic rings. The van der Waals surface area contributed by atoms with Gasteiger partial charge < -0.3 is 15.1 Å². The molecule has 138 valence electrons. The topological polar surface area (TPSA) is 94.9 Å². The molecule has 2 aromatic carbocycles. The summed E-state index contributed by atoms with van der Waals surface area (Å²) in [4.78, 5) is 37.3. The maximum atomic E-state index is 12.6. The van der Waals surface area contributed by atoms with Gasteiger partial charge in [-0.1, -0.05) is 41.9 Å². The lowest BCUT2D eigenvalue weighted by molar-refractivity contribution is -0.142. The zero-order chi connectivity index (χ0) is 19.6. The molecule has 0 aliphatic carbocycles. The van der Waals surface area contributed by atoms with E-state index in [4.69, 9.17) is 16.7 Å². The molecule has 0 spiro atoms. The number of nitrogens with zero attached hydrogens (tertiary/aromatic N) is 1. The smallest absolute Gasteiger partial charge is 0.305 e. The van der Waals surface area contributed by atoms with Crippen LogP contribution in [0.1, 0.15) is 23.6 Å². The van der Waals surface area contributed by atoms with E-state index in [0.29, 0.717) is 16.1 Å². The first-order chi connectivity index (χ1) is 12.9. The average Bonchev–Trinajstić information content (AvgIpc) is 2.91. The highest BCUT2D eigenvalue weighted by atomic mass is 35.5. The van der Waals surface area contributed by atoms with E-state index in [9.17, 15) is 19.5 Å². The Labute approximate surface area is 160 Å². The van der Waals surface area contributed by atoms with Gasteiger partial charge in [0, 0.05) is 17.1 Å². The van der Waals surface area contributed by atoms with Crippen LogP contribution in [0.15, 0.2) is 60.2 Å². The lowest BCUT2D eigenvalue weighted by Gasteiger charge is -2.24. The summed E-state index contributed by atoms with van der Waals surface area (Å²) in [6, 6.07) is 14.1. The van der Waals surface area contributed by atoms with Crippen molar-refractivity contribution in [3.05, 3.63) is 76.3 Å². The molecule has 0 radical (unpaired) electrons. The van der Waals surface area contributed by atoms with E-state index < -0.39 is 23.7 Å². The largest absolute Gasteiger partial charge is 0.507 e. The monoisotopic (exact) mass is 385 g/mol. The van der Waals surface area contributed by atoms with E-state index in [1.807, 2.05) is 0 Å². The summed E-state index contributed by atoms with van der Waals surface area (Å²) in [5, 5.41) is 20.2. The minimum absolute atomic E-state index is 0.0705. The van der Waals surface area contributed by atoms with Gasteiger partial charge in [0.1, 0.15) is 5.76 Å². The first kappa shape index (κ1) is 18.7. The molecule has 1 atom stereocenters. The molecule has 6 nitrogen and oxygen atoms in total. The number of hydrogen-bond acceptors (Lipinski definition) is 4. The molecule has 1 unspecified atom stereocenters. The van der Waals surface area contributed by atoms with Gasteiger partial charge in [0.15, 0.2) is 0 Å². The number of carboxylic acids is 1. The molecular weight excluding hydrogens is 370 g/mol. The molecule has 1 aliphatic heterocycles. The standard InChI is InChI=1S/C20H16ClNO5/c21-14-8-6-13(7-9-14)18(25)16-17(12-4-2-1-3-5-12)22(11-10-15(23)24)20(27)19(16)26/h1-9,17,25H,10-11H2,(H,23,24)/b18-16+. The fourth-order valence-corrected chi connectivity index (χ4v) is 3.20. The van der Waals surface area contributed by atoms with Gasteiger partial charge in [-0.25, -0.2) is 0 Å². The Morgan fingerprint density at radius 1 is 1.00 bits per heavy atom. The second-order valence-corrected chi connectivity index (χ2v) is 6.49. The molecule has 2 aromatic rings. The third kappa shape index (κ3) is 3.71. The van der Waals surface area contributed by atoms with E-state index in [0.717, 1.165) is 0 Å². The van der Waals surface area contributed by atoms with E-state index in [2.05, 4.69) is 0 Å². The van der Waals surface area contributed by atoms with Gasteiger partial charge in [0.2, 0.25) is 0 Å². The highest BCUT2D eigenvalue weighted by Gasteiger charge is 2.45. The fourth-order valence-electron chi connectivity index (χ4n) is 3.07. The van der Waals surface area contributed by atoms with Crippen molar-refractivity contribution in [2.45, 2.75) is 12.5 Å². The van der Waals surface area contributed by atoms with Crippen LogP contribution in [0.25, 0.3) is 5.76 Å². The number of hydrogen-bond donors (Lipinski definition) is 2. The number of carbonyl (C=O) groups is 3. The number of rotatable bonds is 5. The molecule has 3 rings (SSSR count). The van der Waals surface area contributed by atoms with Gasteiger partial charge in [-0.15, -0.1) is 0 Å². The fraction of sp³-hybridized carbons (Fsp3) is 0.150. The lowest BCUT2D eigenvalue weighted by atomic mass is 9.95. The number of aliphatic hydroxyl groups is 1. The van der Waals surface area contributed by atoms with Crippen LogP contribution in [-0.4, -0.2) is 39.3 Å². The summed E-state index contributed by atoms with van der Waals surface area (Å²) in [6.45, 7) is -0.142. The first-order valence-corrected chi connectivity index (χ1v) is 8.59.